The molecule has 0 aromatic heterocycles. The lowest BCUT2D eigenvalue weighted by atomic mass is 9.98. The van der Waals surface area contributed by atoms with Crippen molar-refractivity contribution in [3.63, 3.8) is 0 Å². The van der Waals surface area contributed by atoms with Crippen molar-refractivity contribution < 1.29 is 9.53 Å². The fourth-order valence-electron chi connectivity index (χ4n) is 1.45. The molecule has 1 unspecified atom stereocenters. The van der Waals surface area contributed by atoms with Gasteiger partial charge in [-0.05, 0) is 5.92 Å². The first kappa shape index (κ1) is 10.9. The van der Waals surface area contributed by atoms with Crippen LogP contribution in [-0.2, 0) is 4.74 Å². The molecule has 0 bridgehead atoms. The maximum atomic E-state index is 11.9. The molecule has 0 aliphatic heterocycles. The molecule has 1 aromatic carbocycles. The van der Waals surface area contributed by atoms with Crippen LogP contribution < -0.4 is 0 Å². The number of carbonyl (C=O) groups is 1. The van der Waals surface area contributed by atoms with Gasteiger partial charge in [0.25, 0.3) is 0 Å². The van der Waals surface area contributed by atoms with Gasteiger partial charge in [0.1, 0.15) is 6.10 Å². The lowest BCUT2D eigenvalue weighted by Crippen LogP contribution is -2.28. The summed E-state index contributed by atoms with van der Waals surface area (Å²) in [6.07, 6.45) is -0.336. The third kappa shape index (κ3) is 2.42. The highest BCUT2D eigenvalue weighted by atomic mass is 16.5. The Bertz CT molecular complexity index is 290. The van der Waals surface area contributed by atoms with Crippen LogP contribution >= 0.6 is 0 Å². The Labute approximate surface area is 84.9 Å². The monoisotopic (exact) mass is 192 g/mol. The smallest absolute Gasteiger partial charge is 0.191 e. The van der Waals surface area contributed by atoms with Crippen molar-refractivity contribution in [2.45, 2.75) is 20.0 Å². The molecule has 14 heavy (non-hydrogen) atoms. The van der Waals surface area contributed by atoms with E-state index in [1.165, 1.54) is 0 Å². The summed E-state index contributed by atoms with van der Waals surface area (Å²) in [6, 6.07) is 9.25. The molecule has 0 aliphatic rings. The molecule has 1 rings (SSSR count). The van der Waals surface area contributed by atoms with Crippen LogP contribution in [0.3, 0.4) is 0 Å². The van der Waals surface area contributed by atoms with E-state index in [4.69, 9.17) is 4.74 Å². The molecular formula is C12H16O2. The second kappa shape index (κ2) is 4.91. The molecule has 0 heterocycles. The highest BCUT2D eigenvalue weighted by Gasteiger charge is 2.22. The molecule has 76 valence electrons. The number of hydrogen-bond donors (Lipinski definition) is 0. The van der Waals surface area contributed by atoms with Gasteiger partial charge < -0.3 is 4.74 Å². The van der Waals surface area contributed by atoms with Crippen molar-refractivity contribution in [2.24, 2.45) is 5.92 Å². The predicted octanol–water partition coefficient (Wildman–Crippen LogP) is 2.54. The topological polar surface area (TPSA) is 26.3 Å². The maximum absolute atomic E-state index is 11.9. The van der Waals surface area contributed by atoms with Gasteiger partial charge in [0.2, 0.25) is 0 Å². The van der Waals surface area contributed by atoms with Crippen LogP contribution in [0.4, 0.5) is 0 Å². The molecule has 0 N–H and O–H groups in total. The van der Waals surface area contributed by atoms with Gasteiger partial charge in [-0.1, -0.05) is 44.2 Å². The molecule has 1 atom stereocenters. The summed E-state index contributed by atoms with van der Waals surface area (Å²) < 4.78 is 5.18. The summed E-state index contributed by atoms with van der Waals surface area (Å²) in [5.74, 6) is 0.260. The van der Waals surface area contributed by atoms with E-state index in [2.05, 4.69) is 0 Å². The summed E-state index contributed by atoms with van der Waals surface area (Å²) >= 11 is 0. The van der Waals surface area contributed by atoms with Crippen molar-refractivity contribution in [1.29, 1.82) is 0 Å². The number of benzene rings is 1. The van der Waals surface area contributed by atoms with E-state index in [0.717, 1.165) is 0 Å². The lowest BCUT2D eigenvalue weighted by Gasteiger charge is -2.17. The van der Waals surface area contributed by atoms with E-state index in [-0.39, 0.29) is 17.8 Å². The lowest BCUT2D eigenvalue weighted by molar-refractivity contribution is 0.0459. The Hall–Kier alpha value is -1.15. The molecule has 0 spiro atoms. The highest BCUT2D eigenvalue weighted by Crippen LogP contribution is 2.12. The zero-order chi connectivity index (χ0) is 10.6. The molecule has 0 amide bonds. The quantitative estimate of drug-likeness (QED) is 0.685. The zero-order valence-corrected chi connectivity index (χ0v) is 8.86. The van der Waals surface area contributed by atoms with Gasteiger partial charge in [-0.3, -0.25) is 4.79 Å². The average molecular weight is 192 g/mol. The molecule has 0 radical (unpaired) electrons. The molecule has 0 fully saturated rings. The third-order valence-corrected chi connectivity index (χ3v) is 2.18. The number of hydrogen-bond acceptors (Lipinski definition) is 2. The number of carbonyl (C=O) groups excluding carboxylic acids is 1. The normalized spacial score (nSPS) is 12.9. The van der Waals surface area contributed by atoms with Crippen LogP contribution in [0.5, 0.6) is 0 Å². The van der Waals surface area contributed by atoms with Crippen molar-refractivity contribution >= 4 is 5.78 Å². The van der Waals surface area contributed by atoms with Gasteiger partial charge in [-0.2, -0.15) is 0 Å². The van der Waals surface area contributed by atoms with E-state index < -0.39 is 0 Å². The standard InChI is InChI=1S/C12H16O2/c1-9(2)12(14-3)11(13)10-7-5-4-6-8-10/h4-9,12H,1-3H3. The molecular weight excluding hydrogens is 176 g/mol. The van der Waals surface area contributed by atoms with E-state index >= 15 is 0 Å². The Morgan fingerprint density at radius 1 is 1.21 bits per heavy atom. The second-order valence-electron chi connectivity index (χ2n) is 3.63. The van der Waals surface area contributed by atoms with Crippen LogP contribution in [0.15, 0.2) is 30.3 Å². The van der Waals surface area contributed by atoms with E-state index in [1.807, 2.05) is 44.2 Å². The zero-order valence-electron chi connectivity index (χ0n) is 8.86. The SMILES string of the molecule is COC(C(=O)c1ccccc1)C(C)C. The van der Waals surface area contributed by atoms with Crippen molar-refractivity contribution in [1.82, 2.24) is 0 Å². The van der Waals surface area contributed by atoms with Crippen LogP contribution in [-0.4, -0.2) is 19.0 Å². The van der Waals surface area contributed by atoms with Crippen LogP contribution in [0.25, 0.3) is 0 Å². The summed E-state index contributed by atoms with van der Waals surface area (Å²) in [4.78, 5) is 11.9. The van der Waals surface area contributed by atoms with Gasteiger partial charge in [0.05, 0.1) is 0 Å². The number of ketones is 1. The van der Waals surface area contributed by atoms with Crippen LogP contribution in [0.1, 0.15) is 24.2 Å². The first-order valence-corrected chi connectivity index (χ1v) is 4.79. The molecule has 0 aliphatic carbocycles. The highest BCUT2D eigenvalue weighted by molar-refractivity contribution is 5.99. The Kier molecular flexibility index (Phi) is 3.84. The fourth-order valence-corrected chi connectivity index (χ4v) is 1.45. The number of methoxy groups -OCH3 is 1. The molecule has 0 saturated heterocycles. The predicted molar refractivity (Wildman–Crippen MR) is 56.4 cm³/mol. The van der Waals surface area contributed by atoms with Crippen LogP contribution in [0.2, 0.25) is 0 Å². The van der Waals surface area contributed by atoms with E-state index in [0.29, 0.717) is 5.56 Å². The van der Waals surface area contributed by atoms with Crippen LogP contribution in [0, 0.1) is 5.92 Å². The van der Waals surface area contributed by atoms with Crippen molar-refractivity contribution in [2.75, 3.05) is 7.11 Å². The third-order valence-electron chi connectivity index (χ3n) is 2.18. The summed E-state index contributed by atoms with van der Waals surface area (Å²) in [5, 5.41) is 0. The minimum atomic E-state index is -0.336. The van der Waals surface area contributed by atoms with Crippen molar-refractivity contribution in [3.8, 4) is 0 Å². The molecule has 2 heteroatoms. The maximum Gasteiger partial charge on any atom is 0.191 e. The van der Waals surface area contributed by atoms with Gasteiger partial charge >= 0.3 is 0 Å². The summed E-state index contributed by atoms with van der Waals surface area (Å²) in [5.41, 5.74) is 0.716. The molecule has 2 nitrogen and oxygen atoms in total. The summed E-state index contributed by atoms with van der Waals surface area (Å²) in [7, 11) is 1.57. The Morgan fingerprint density at radius 3 is 2.21 bits per heavy atom. The van der Waals surface area contributed by atoms with Gasteiger partial charge in [0.15, 0.2) is 5.78 Å². The van der Waals surface area contributed by atoms with Gasteiger partial charge in [-0.15, -0.1) is 0 Å². The second-order valence-corrected chi connectivity index (χ2v) is 3.63. The van der Waals surface area contributed by atoms with Gasteiger partial charge in [-0.25, -0.2) is 0 Å². The summed E-state index contributed by atoms with van der Waals surface area (Å²) in [6.45, 7) is 3.96. The minimum absolute atomic E-state index is 0.0584. The first-order chi connectivity index (χ1) is 6.66. The number of Topliss-reactive ketones (excluding diaryl/α,β-unsaturated/α-hetero) is 1. The Balaban J connectivity index is 2.84. The van der Waals surface area contributed by atoms with Crippen molar-refractivity contribution in [3.05, 3.63) is 35.9 Å². The van der Waals surface area contributed by atoms with E-state index in [1.54, 1.807) is 7.11 Å². The fraction of sp³-hybridized carbons (Fsp3) is 0.417. The first-order valence-electron chi connectivity index (χ1n) is 4.79. The Morgan fingerprint density at radius 2 is 1.79 bits per heavy atom. The average Bonchev–Trinajstić information content (AvgIpc) is 2.19. The molecule has 0 saturated carbocycles. The minimum Gasteiger partial charge on any atom is -0.373 e. The number of rotatable bonds is 4. The number of ether oxygens (including phenoxy) is 1. The van der Waals surface area contributed by atoms with Gasteiger partial charge in [0, 0.05) is 12.7 Å². The molecule has 1 aromatic rings. The van der Waals surface area contributed by atoms with E-state index in [9.17, 15) is 4.79 Å². The largest absolute Gasteiger partial charge is 0.373 e.